The summed E-state index contributed by atoms with van der Waals surface area (Å²) in [5, 5.41) is 10.3. The van der Waals surface area contributed by atoms with Crippen LogP contribution in [0, 0.1) is 0 Å². The van der Waals surface area contributed by atoms with Crippen molar-refractivity contribution in [3.63, 3.8) is 0 Å². The molecule has 4 nitrogen and oxygen atoms in total. The van der Waals surface area contributed by atoms with Gasteiger partial charge in [-0.05, 0) is 19.9 Å². The van der Waals surface area contributed by atoms with E-state index in [1.165, 1.54) is 0 Å². The molecule has 5 heteroatoms. The van der Waals surface area contributed by atoms with Crippen LogP contribution < -0.4 is 14.2 Å². The first-order valence-electron chi connectivity index (χ1n) is 5.67. The van der Waals surface area contributed by atoms with E-state index in [-0.39, 0.29) is 4.83 Å². The van der Waals surface area contributed by atoms with Gasteiger partial charge in [-0.25, -0.2) is 0 Å². The Kier molecular flexibility index (Phi) is 3.47. The standard InChI is InChI=1S/C13H17BrO4/c1-13(2)12(14)11(15)7-5-9(16-3)10(17-4)6-8(7)18-13/h5-6,11-12,15H,1-4H3/t11-,12-/m0/s1. The lowest BCUT2D eigenvalue weighted by Crippen LogP contribution is -2.45. The van der Waals surface area contributed by atoms with E-state index < -0.39 is 11.7 Å². The van der Waals surface area contributed by atoms with Crippen molar-refractivity contribution in [3.05, 3.63) is 17.7 Å². The molecule has 1 N–H and O–H groups in total. The molecule has 1 aromatic rings. The fourth-order valence-corrected chi connectivity index (χ4v) is 2.45. The zero-order valence-electron chi connectivity index (χ0n) is 10.9. The van der Waals surface area contributed by atoms with Crippen LogP contribution in [0.4, 0.5) is 0 Å². The van der Waals surface area contributed by atoms with Crippen molar-refractivity contribution in [2.24, 2.45) is 0 Å². The maximum atomic E-state index is 10.3. The number of aliphatic hydroxyl groups is 1. The normalized spacial score (nSPS) is 25.0. The van der Waals surface area contributed by atoms with Crippen LogP contribution >= 0.6 is 15.9 Å². The number of methoxy groups -OCH3 is 2. The first-order chi connectivity index (χ1) is 8.40. The Morgan fingerprint density at radius 1 is 1.22 bits per heavy atom. The number of ether oxygens (including phenoxy) is 3. The summed E-state index contributed by atoms with van der Waals surface area (Å²) in [6, 6.07) is 3.50. The number of aliphatic hydroxyl groups excluding tert-OH is 1. The highest BCUT2D eigenvalue weighted by Gasteiger charge is 2.42. The summed E-state index contributed by atoms with van der Waals surface area (Å²) in [7, 11) is 3.14. The molecule has 18 heavy (non-hydrogen) atoms. The number of alkyl halides is 1. The molecule has 2 atom stereocenters. The highest BCUT2D eigenvalue weighted by atomic mass is 79.9. The predicted octanol–water partition coefficient (Wildman–Crippen LogP) is 2.67. The predicted molar refractivity (Wildman–Crippen MR) is 71.9 cm³/mol. The average molecular weight is 317 g/mol. The smallest absolute Gasteiger partial charge is 0.164 e. The summed E-state index contributed by atoms with van der Waals surface area (Å²) in [6.45, 7) is 3.85. The largest absolute Gasteiger partial charge is 0.493 e. The molecule has 0 bridgehead atoms. The minimum Gasteiger partial charge on any atom is -0.493 e. The van der Waals surface area contributed by atoms with Crippen LogP contribution in [-0.4, -0.2) is 29.8 Å². The lowest BCUT2D eigenvalue weighted by atomic mass is 9.91. The first kappa shape index (κ1) is 13.5. The maximum Gasteiger partial charge on any atom is 0.164 e. The second kappa shape index (κ2) is 4.63. The number of hydrogen-bond acceptors (Lipinski definition) is 4. The summed E-state index contributed by atoms with van der Waals surface area (Å²) in [6.07, 6.45) is -0.649. The van der Waals surface area contributed by atoms with Crippen LogP contribution in [0.15, 0.2) is 12.1 Å². The number of halogens is 1. The van der Waals surface area contributed by atoms with Crippen molar-refractivity contribution in [1.29, 1.82) is 0 Å². The quantitative estimate of drug-likeness (QED) is 0.852. The van der Waals surface area contributed by atoms with Gasteiger partial charge in [-0.3, -0.25) is 0 Å². The van der Waals surface area contributed by atoms with Crippen LogP contribution in [0.2, 0.25) is 0 Å². The Morgan fingerprint density at radius 3 is 2.33 bits per heavy atom. The van der Waals surface area contributed by atoms with Gasteiger partial charge in [0.15, 0.2) is 11.5 Å². The first-order valence-corrected chi connectivity index (χ1v) is 6.59. The van der Waals surface area contributed by atoms with Crippen LogP contribution in [0.1, 0.15) is 25.5 Å². The number of rotatable bonds is 2. The molecule has 0 amide bonds. The maximum absolute atomic E-state index is 10.3. The summed E-state index contributed by atoms with van der Waals surface area (Å²) in [5.41, 5.74) is 0.209. The van der Waals surface area contributed by atoms with E-state index in [2.05, 4.69) is 15.9 Å². The Labute approximate surface area is 115 Å². The summed E-state index contributed by atoms with van der Waals surface area (Å²) < 4.78 is 16.4. The number of hydrogen-bond donors (Lipinski definition) is 1. The molecule has 1 aliphatic heterocycles. The van der Waals surface area contributed by atoms with E-state index in [4.69, 9.17) is 14.2 Å². The summed E-state index contributed by atoms with van der Waals surface area (Å²) in [4.78, 5) is -0.185. The topological polar surface area (TPSA) is 47.9 Å². The van der Waals surface area contributed by atoms with Gasteiger partial charge in [0.25, 0.3) is 0 Å². The second-order valence-electron chi connectivity index (χ2n) is 4.80. The van der Waals surface area contributed by atoms with Crippen LogP contribution in [0.5, 0.6) is 17.2 Å². The van der Waals surface area contributed by atoms with Crippen molar-refractivity contribution >= 4 is 15.9 Å². The third-order valence-electron chi connectivity index (χ3n) is 3.15. The Hall–Kier alpha value is -0.940. The molecule has 0 fully saturated rings. The van der Waals surface area contributed by atoms with Gasteiger partial charge in [0.1, 0.15) is 11.4 Å². The van der Waals surface area contributed by atoms with Gasteiger partial charge in [0.2, 0.25) is 0 Å². The monoisotopic (exact) mass is 316 g/mol. The van der Waals surface area contributed by atoms with Gasteiger partial charge in [-0.15, -0.1) is 0 Å². The summed E-state index contributed by atoms with van der Waals surface area (Å²) in [5.74, 6) is 1.80. The van der Waals surface area contributed by atoms with Crippen LogP contribution in [0.3, 0.4) is 0 Å². The fraction of sp³-hybridized carbons (Fsp3) is 0.538. The Balaban J connectivity index is 2.54. The molecule has 0 aliphatic carbocycles. The molecule has 0 saturated heterocycles. The minimum absolute atomic E-state index is 0.185. The van der Waals surface area contributed by atoms with Crippen molar-refractivity contribution in [3.8, 4) is 17.2 Å². The van der Waals surface area contributed by atoms with Crippen molar-refractivity contribution in [2.45, 2.75) is 30.4 Å². The van der Waals surface area contributed by atoms with Gasteiger partial charge in [0.05, 0.1) is 25.2 Å². The lowest BCUT2D eigenvalue weighted by molar-refractivity contribution is 0.0221. The van der Waals surface area contributed by atoms with Gasteiger partial charge < -0.3 is 19.3 Å². The second-order valence-corrected chi connectivity index (χ2v) is 5.78. The minimum atomic E-state index is -0.649. The SMILES string of the molecule is COc1cc2c(cc1OC)[C@H](O)[C@H](Br)C(C)(C)O2. The highest BCUT2D eigenvalue weighted by molar-refractivity contribution is 9.09. The summed E-state index contributed by atoms with van der Waals surface area (Å²) >= 11 is 3.48. The molecule has 0 aromatic heterocycles. The average Bonchev–Trinajstić information content (AvgIpc) is 2.34. The molecule has 0 radical (unpaired) electrons. The Bertz CT molecular complexity index is 459. The lowest BCUT2D eigenvalue weighted by Gasteiger charge is -2.40. The molecule has 1 aliphatic rings. The molecule has 0 unspecified atom stereocenters. The van der Waals surface area contributed by atoms with Gasteiger partial charge >= 0.3 is 0 Å². The van der Waals surface area contributed by atoms with E-state index >= 15 is 0 Å². The van der Waals surface area contributed by atoms with Crippen molar-refractivity contribution in [2.75, 3.05) is 14.2 Å². The number of benzene rings is 1. The zero-order chi connectivity index (χ0) is 13.5. The molecule has 2 rings (SSSR count). The molecular formula is C13H17BrO4. The van der Waals surface area contributed by atoms with Crippen LogP contribution in [-0.2, 0) is 0 Å². The third-order valence-corrected chi connectivity index (χ3v) is 4.75. The fourth-order valence-electron chi connectivity index (χ4n) is 2.07. The molecule has 1 heterocycles. The Morgan fingerprint density at radius 2 is 1.78 bits per heavy atom. The molecule has 1 aromatic carbocycles. The van der Waals surface area contributed by atoms with Crippen molar-refractivity contribution in [1.82, 2.24) is 0 Å². The van der Waals surface area contributed by atoms with Gasteiger partial charge in [0, 0.05) is 11.6 Å². The molecular weight excluding hydrogens is 300 g/mol. The van der Waals surface area contributed by atoms with E-state index in [0.29, 0.717) is 22.8 Å². The van der Waals surface area contributed by atoms with Gasteiger partial charge in [-0.1, -0.05) is 15.9 Å². The van der Waals surface area contributed by atoms with Crippen molar-refractivity contribution < 1.29 is 19.3 Å². The molecule has 0 spiro atoms. The van der Waals surface area contributed by atoms with Crippen LogP contribution in [0.25, 0.3) is 0 Å². The third kappa shape index (κ3) is 2.06. The van der Waals surface area contributed by atoms with E-state index in [0.717, 1.165) is 0 Å². The number of fused-ring (bicyclic) bond motifs is 1. The van der Waals surface area contributed by atoms with E-state index in [9.17, 15) is 5.11 Å². The van der Waals surface area contributed by atoms with E-state index in [1.807, 2.05) is 13.8 Å². The van der Waals surface area contributed by atoms with E-state index in [1.54, 1.807) is 26.4 Å². The molecule has 0 saturated carbocycles. The molecule has 100 valence electrons. The highest BCUT2D eigenvalue weighted by Crippen LogP contribution is 2.47. The van der Waals surface area contributed by atoms with Gasteiger partial charge in [-0.2, -0.15) is 0 Å². The zero-order valence-corrected chi connectivity index (χ0v) is 12.4.